The Balaban J connectivity index is -0.000000324. The van der Waals surface area contributed by atoms with Gasteiger partial charge in [-0.1, -0.05) is 44.4 Å². The van der Waals surface area contributed by atoms with Crippen LogP contribution in [0.25, 0.3) is 0 Å². The highest BCUT2D eigenvalue weighted by molar-refractivity contribution is 7.94. The van der Waals surface area contributed by atoms with E-state index in [9.17, 15) is 0 Å². The van der Waals surface area contributed by atoms with E-state index >= 15 is 0 Å². The fourth-order valence-corrected chi connectivity index (χ4v) is 3.15. The zero-order valence-corrected chi connectivity index (χ0v) is 13.5. The normalized spacial score (nSPS) is 19.1. The molecule has 0 N–H and O–H groups in total. The minimum atomic E-state index is 0. The Morgan fingerprint density at radius 1 is 0.864 bits per heavy atom. The molecule has 0 atom stereocenters. The van der Waals surface area contributed by atoms with E-state index < -0.39 is 0 Å². The molecule has 7 heteroatoms. The molecule has 0 bridgehead atoms. The third kappa shape index (κ3) is 10.00. The average Bonchev–Trinajstić information content (AvgIpc) is 2.41. The fraction of sp³-hybridized carbons (Fsp3) is 0.600. The Hall–Kier alpha value is -0.820. The number of rotatable bonds is 5. The van der Waals surface area contributed by atoms with Crippen LogP contribution < -0.4 is 0 Å². The molecule has 1 aliphatic rings. The van der Waals surface area contributed by atoms with Gasteiger partial charge in [-0.25, -0.2) is 0 Å². The maximum atomic E-state index is 5.74. The lowest BCUT2D eigenvalue weighted by molar-refractivity contribution is 0.199. The van der Waals surface area contributed by atoms with Crippen molar-refractivity contribution >= 4 is 12.0 Å². The quantitative estimate of drug-likeness (QED) is 0.498. The SMILES string of the molecule is CCC1CCC(COSc2ccccc2)CC1.F.F.F.F.F. The first-order chi connectivity index (χ1) is 8.38. The molecule has 0 spiro atoms. The van der Waals surface area contributed by atoms with E-state index in [0.29, 0.717) is 0 Å². The Morgan fingerprint density at radius 2 is 1.36 bits per heavy atom. The van der Waals surface area contributed by atoms with Crippen LogP contribution >= 0.6 is 12.0 Å². The van der Waals surface area contributed by atoms with E-state index in [1.54, 1.807) is 0 Å². The van der Waals surface area contributed by atoms with Gasteiger partial charge in [-0.15, -0.1) is 0 Å². The molecule has 1 aromatic rings. The lowest BCUT2D eigenvalue weighted by Crippen LogP contribution is -2.17. The molecule has 0 unspecified atom stereocenters. The molecule has 1 nitrogen and oxygen atoms in total. The third-order valence-corrected chi connectivity index (χ3v) is 4.46. The molecule has 1 fully saturated rings. The van der Waals surface area contributed by atoms with E-state index in [-0.39, 0.29) is 23.5 Å². The average molecular weight is 350 g/mol. The Bertz CT molecular complexity index is 321. The van der Waals surface area contributed by atoms with Crippen molar-refractivity contribution in [2.75, 3.05) is 6.61 Å². The second kappa shape index (κ2) is 16.5. The minimum Gasteiger partial charge on any atom is -0.310 e. The third-order valence-electron chi connectivity index (χ3n) is 3.75. The number of benzene rings is 1. The highest BCUT2D eigenvalue weighted by Crippen LogP contribution is 2.31. The summed E-state index contributed by atoms with van der Waals surface area (Å²) in [7, 11) is 0. The minimum absolute atomic E-state index is 0. The van der Waals surface area contributed by atoms with Gasteiger partial charge < -0.3 is 4.18 Å². The van der Waals surface area contributed by atoms with Gasteiger partial charge in [0.25, 0.3) is 0 Å². The topological polar surface area (TPSA) is 9.23 Å². The van der Waals surface area contributed by atoms with Gasteiger partial charge >= 0.3 is 0 Å². The Morgan fingerprint density at radius 3 is 1.86 bits per heavy atom. The van der Waals surface area contributed by atoms with Crippen molar-refractivity contribution in [2.24, 2.45) is 11.8 Å². The Labute approximate surface area is 133 Å². The van der Waals surface area contributed by atoms with Crippen molar-refractivity contribution in [3.63, 3.8) is 0 Å². The van der Waals surface area contributed by atoms with Crippen molar-refractivity contribution in [2.45, 2.75) is 43.9 Å². The zero-order chi connectivity index (χ0) is 11.9. The molecule has 0 aliphatic heterocycles. The summed E-state index contributed by atoms with van der Waals surface area (Å²) in [5.41, 5.74) is 0. The van der Waals surface area contributed by atoms with E-state index in [2.05, 4.69) is 31.2 Å². The summed E-state index contributed by atoms with van der Waals surface area (Å²) >= 11 is 1.52. The molecule has 0 heterocycles. The van der Waals surface area contributed by atoms with Crippen molar-refractivity contribution in [3.05, 3.63) is 30.3 Å². The number of halogens is 5. The van der Waals surface area contributed by atoms with E-state index in [0.717, 1.165) is 18.4 Å². The van der Waals surface area contributed by atoms with Crippen LogP contribution in [-0.4, -0.2) is 6.61 Å². The summed E-state index contributed by atoms with van der Waals surface area (Å²) in [6.07, 6.45) is 6.87. The maximum absolute atomic E-state index is 5.74. The molecular formula is C15H27F5OS. The van der Waals surface area contributed by atoms with Gasteiger partial charge in [0.1, 0.15) is 0 Å². The van der Waals surface area contributed by atoms with Gasteiger partial charge in [-0.2, -0.15) is 0 Å². The molecule has 0 amide bonds. The summed E-state index contributed by atoms with van der Waals surface area (Å²) in [5.74, 6) is 1.77. The molecule has 2 rings (SSSR count). The molecule has 0 aromatic heterocycles. The van der Waals surface area contributed by atoms with Gasteiger partial charge in [0.05, 0.1) is 6.61 Å². The lowest BCUT2D eigenvalue weighted by atomic mass is 9.81. The molecule has 1 aliphatic carbocycles. The molecule has 0 saturated heterocycles. The smallest absolute Gasteiger partial charge is 0.0646 e. The summed E-state index contributed by atoms with van der Waals surface area (Å²) < 4.78 is 5.74. The first-order valence-electron chi connectivity index (χ1n) is 6.73. The van der Waals surface area contributed by atoms with Crippen molar-refractivity contribution < 1.29 is 27.7 Å². The van der Waals surface area contributed by atoms with Crippen LogP contribution in [0, 0.1) is 11.8 Å². The van der Waals surface area contributed by atoms with Crippen LogP contribution in [0.5, 0.6) is 0 Å². The standard InChI is InChI=1S/C15H22OS.5FH/c1-2-13-8-10-14(11-9-13)12-16-17-15-6-4-3-5-7-15;;;;;/h3-7,13-14H,2,8-12H2,1H3;5*1H. The van der Waals surface area contributed by atoms with Crippen LogP contribution in [0.1, 0.15) is 39.0 Å². The van der Waals surface area contributed by atoms with Gasteiger partial charge in [0.2, 0.25) is 0 Å². The monoisotopic (exact) mass is 350 g/mol. The molecule has 1 saturated carbocycles. The second-order valence-corrected chi connectivity index (χ2v) is 5.85. The highest BCUT2D eigenvalue weighted by Gasteiger charge is 2.20. The molecule has 0 radical (unpaired) electrons. The van der Waals surface area contributed by atoms with Crippen LogP contribution in [0.2, 0.25) is 0 Å². The Kier molecular flexibility index (Phi) is 22.0. The van der Waals surface area contributed by atoms with Crippen LogP contribution in [0.3, 0.4) is 0 Å². The second-order valence-electron chi connectivity index (χ2n) is 4.98. The van der Waals surface area contributed by atoms with Crippen molar-refractivity contribution in [1.29, 1.82) is 0 Å². The van der Waals surface area contributed by atoms with Gasteiger partial charge in [-0.05, 0) is 36.8 Å². The first kappa shape index (κ1) is 29.2. The van der Waals surface area contributed by atoms with Crippen LogP contribution in [0.15, 0.2) is 35.2 Å². The lowest BCUT2D eigenvalue weighted by Gasteiger charge is -2.27. The molecular weight excluding hydrogens is 323 g/mol. The molecule has 134 valence electrons. The highest BCUT2D eigenvalue weighted by atomic mass is 32.2. The largest absolute Gasteiger partial charge is 0.310 e. The predicted molar refractivity (Wildman–Crippen MR) is 86.5 cm³/mol. The maximum Gasteiger partial charge on any atom is 0.0646 e. The summed E-state index contributed by atoms with van der Waals surface area (Å²) in [6, 6.07) is 10.3. The van der Waals surface area contributed by atoms with Gasteiger partial charge in [0.15, 0.2) is 0 Å². The van der Waals surface area contributed by atoms with Crippen molar-refractivity contribution in [1.82, 2.24) is 0 Å². The number of hydrogen-bond donors (Lipinski definition) is 0. The predicted octanol–water partition coefficient (Wildman–Crippen LogP) is 5.69. The summed E-state index contributed by atoms with van der Waals surface area (Å²) in [4.78, 5) is 1.20. The van der Waals surface area contributed by atoms with E-state index in [1.165, 1.54) is 49.0 Å². The van der Waals surface area contributed by atoms with Crippen LogP contribution in [0.4, 0.5) is 23.5 Å². The fourth-order valence-electron chi connectivity index (χ4n) is 2.48. The molecule has 1 aromatic carbocycles. The van der Waals surface area contributed by atoms with Crippen molar-refractivity contribution in [3.8, 4) is 0 Å². The van der Waals surface area contributed by atoms with Gasteiger partial charge in [0, 0.05) is 16.9 Å². The molecule has 22 heavy (non-hydrogen) atoms. The van der Waals surface area contributed by atoms with E-state index in [1.807, 2.05) is 6.07 Å². The van der Waals surface area contributed by atoms with E-state index in [4.69, 9.17) is 4.18 Å². The first-order valence-corrected chi connectivity index (χ1v) is 7.47. The summed E-state index contributed by atoms with van der Waals surface area (Å²) in [6.45, 7) is 3.22. The number of hydrogen-bond acceptors (Lipinski definition) is 2. The summed E-state index contributed by atoms with van der Waals surface area (Å²) in [5, 5.41) is 0. The van der Waals surface area contributed by atoms with Crippen LogP contribution in [-0.2, 0) is 4.18 Å². The van der Waals surface area contributed by atoms with Gasteiger partial charge in [-0.3, -0.25) is 23.5 Å². The zero-order valence-electron chi connectivity index (χ0n) is 12.6.